The highest BCUT2D eigenvalue weighted by Crippen LogP contribution is 2.25. The summed E-state index contributed by atoms with van der Waals surface area (Å²) in [5.41, 5.74) is 1.18. The molecule has 1 aromatic rings. The first-order valence-corrected chi connectivity index (χ1v) is 7.39. The maximum Gasteiger partial charge on any atom is 0.257 e. The average Bonchev–Trinajstić information content (AvgIpc) is 2.52. The maximum absolute atomic E-state index is 11.1. The predicted octanol–water partition coefficient (Wildman–Crippen LogP) is 3.40. The Hall–Kier alpha value is -1.77. The Labute approximate surface area is 121 Å². The quantitative estimate of drug-likeness (QED) is 0.893. The van der Waals surface area contributed by atoms with Gasteiger partial charge in [0.15, 0.2) is 6.61 Å². The van der Waals surface area contributed by atoms with Crippen LogP contribution in [0.4, 0.5) is 0 Å². The highest BCUT2D eigenvalue weighted by atomic mass is 16.5. The van der Waals surface area contributed by atoms with Gasteiger partial charge in [-0.15, -0.1) is 0 Å². The molecule has 1 N–H and O–H groups in total. The van der Waals surface area contributed by atoms with Crippen molar-refractivity contribution in [3.8, 4) is 5.75 Å². The van der Waals surface area contributed by atoms with Crippen LogP contribution in [-0.4, -0.2) is 19.6 Å². The fourth-order valence-electron chi connectivity index (χ4n) is 2.47. The van der Waals surface area contributed by atoms with Crippen LogP contribution in [0.15, 0.2) is 30.3 Å². The SMILES string of the molecule is CNC(=O)COc1ccc(/C=C/C2CCCCC2)cc1. The van der Waals surface area contributed by atoms with E-state index in [-0.39, 0.29) is 12.5 Å². The van der Waals surface area contributed by atoms with E-state index in [0.717, 1.165) is 11.7 Å². The van der Waals surface area contributed by atoms with Crippen LogP contribution in [0.2, 0.25) is 0 Å². The molecule has 1 amide bonds. The lowest BCUT2D eigenvalue weighted by Crippen LogP contribution is -2.24. The molecule has 1 fully saturated rings. The minimum atomic E-state index is -0.119. The lowest BCUT2D eigenvalue weighted by Gasteiger charge is -2.17. The third-order valence-electron chi connectivity index (χ3n) is 3.74. The molecular formula is C17H23NO2. The number of amides is 1. The Bertz CT molecular complexity index is 445. The average molecular weight is 273 g/mol. The molecule has 1 aliphatic rings. The van der Waals surface area contributed by atoms with Gasteiger partial charge in [-0.05, 0) is 36.5 Å². The second-order valence-electron chi connectivity index (χ2n) is 5.29. The Morgan fingerprint density at radius 2 is 1.95 bits per heavy atom. The van der Waals surface area contributed by atoms with Crippen LogP contribution in [0.3, 0.4) is 0 Å². The number of hydrogen-bond acceptors (Lipinski definition) is 2. The largest absolute Gasteiger partial charge is 0.484 e. The van der Waals surface area contributed by atoms with Gasteiger partial charge in [0.25, 0.3) is 5.91 Å². The minimum Gasteiger partial charge on any atom is -0.484 e. The van der Waals surface area contributed by atoms with Gasteiger partial charge in [0, 0.05) is 7.05 Å². The molecule has 0 spiro atoms. The van der Waals surface area contributed by atoms with E-state index in [9.17, 15) is 4.79 Å². The lowest BCUT2D eigenvalue weighted by molar-refractivity contribution is -0.122. The van der Waals surface area contributed by atoms with Gasteiger partial charge >= 0.3 is 0 Å². The number of likely N-dealkylation sites (N-methyl/N-ethyl adjacent to an activating group) is 1. The molecule has 108 valence electrons. The van der Waals surface area contributed by atoms with Crippen molar-refractivity contribution in [3.05, 3.63) is 35.9 Å². The van der Waals surface area contributed by atoms with Gasteiger partial charge in [-0.2, -0.15) is 0 Å². The van der Waals surface area contributed by atoms with Gasteiger partial charge in [-0.1, -0.05) is 43.5 Å². The van der Waals surface area contributed by atoms with Crippen LogP contribution >= 0.6 is 0 Å². The number of carbonyl (C=O) groups excluding carboxylic acids is 1. The highest BCUT2D eigenvalue weighted by Gasteiger charge is 2.09. The number of allylic oxidation sites excluding steroid dienone is 1. The number of carbonyl (C=O) groups is 1. The summed E-state index contributed by atoms with van der Waals surface area (Å²) in [7, 11) is 1.60. The van der Waals surface area contributed by atoms with E-state index in [0.29, 0.717) is 0 Å². The molecule has 0 atom stereocenters. The van der Waals surface area contributed by atoms with E-state index < -0.39 is 0 Å². The van der Waals surface area contributed by atoms with Crippen molar-refractivity contribution >= 4 is 12.0 Å². The molecule has 1 aromatic carbocycles. The van der Waals surface area contributed by atoms with Crippen molar-refractivity contribution in [2.45, 2.75) is 32.1 Å². The molecule has 0 aromatic heterocycles. The number of ether oxygens (including phenoxy) is 1. The lowest BCUT2D eigenvalue weighted by atomic mass is 9.89. The molecule has 3 nitrogen and oxygen atoms in total. The first kappa shape index (κ1) is 14.6. The predicted molar refractivity (Wildman–Crippen MR) is 81.6 cm³/mol. The summed E-state index contributed by atoms with van der Waals surface area (Å²) in [6, 6.07) is 7.87. The monoisotopic (exact) mass is 273 g/mol. The van der Waals surface area contributed by atoms with Gasteiger partial charge in [0.05, 0.1) is 0 Å². The molecule has 0 unspecified atom stereocenters. The number of hydrogen-bond donors (Lipinski definition) is 1. The van der Waals surface area contributed by atoms with Crippen molar-refractivity contribution in [2.75, 3.05) is 13.7 Å². The maximum atomic E-state index is 11.1. The smallest absolute Gasteiger partial charge is 0.257 e. The van der Waals surface area contributed by atoms with Crippen LogP contribution in [0.25, 0.3) is 6.08 Å². The molecule has 3 heteroatoms. The van der Waals surface area contributed by atoms with Crippen molar-refractivity contribution < 1.29 is 9.53 Å². The minimum absolute atomic E-state index is 0.0633. The summed E-state index contributed by atoms with van der Waals surface area (Å²) in [6.45, 7) is 0.0633. The molecule has 1 saturated carbocycles. The molecule has 0 radical (unpaired) electrons. The van der Waals surface area contributed by atoms with Crippen molar-refractivity contribution in [3.63, 3.8) is 0 Å². The molecular weight excluding hydrogens is 250 g/mol. The fraction of sp³-hybridized carbons (Fsp3) is 0.471. The van der Waals surface area contributed by atoms with Crippen LogP contribution in [-0.2, 0) is 4.79 Å². The van der Waals surface area contributed by atoms with E-state index in [1.807, 2.05) is 24.3 Å². The first-order valence-electron chi connectivity index (χ1n) is 7.39. The summed E-state index contributed by atoms with van der Waals surface area (Å²) >= 11 is 0. The Morgan fingerprint density at radius 3 is 2.60 bits per heavy atom. The molecule has 0 saturated heterocycles. The number of benzene rings is 1. The van der Waals surface area contributed by atoms with Crippen LogP contribution in [0, 0.1) is 5.92 Å². The first-order chi connectivity index (χ1) is 9.78. The van der Waals surface area contributed by atoms with Gasteiger partial charge < -0.3 is 10.1 Å². The zero-order valence-electron chi connectivity index (χ0n) is 12.1. The van der Waals surface area contributed by atoms with Crippen molar-refractivity contribution in [1.29, 1.82) is 0 Å². The second kappa shape index (κ2) is 7.73. The molecule has 0 bridgehead atoms. The van der Waals surface area contributed by atoms with Crippen LogP contribution in [0.1, 0.15) is 37.7 Å². The fourth-order valence-corrected chi connectivity index (χ4v) is 2.47. The van der Waals surface area contributed by atoms with Gasteiger partial charge in [0.1, 0.15) is 5.75 Å². The van der Waals surface area contributed by atoms with Crippen LogP contribution in [0.5, 0.6) is 5.75 Å². The van der Waals surface area contributed by atoms with E-state index >= 15 is 0 Å². The van der Waals surface area contributed by atoms with Gasteiger partial charge in [-0.25, -0.2) is 0 Å². The highest BCUT2D eigenvalue weighted by molar-refractivity contribution is 5.77. The number of rotatable bonds is 5. The van der Waals surface area contributed by atoms with Gasteiger partial charge in [-0.3, -0.25) is 4.79 Å². The standard InChI is InChI=1S/C17H23NO2/c1-18-17(19)13-20-16-11-9-15(10-12-16)8-7-14-5-3-2-4-6-14/h7-12,14H,2-6,13H2,1H3,(H,18,19)/b8-7+. The van der Waals surface area contributed by atoms with E-state index in [4.69, 9.17) is 4.74 Å². The van der Waals surface area contributed by atoms with Crippen molar-refractivity contribution in [1.82, 2.24) is 5.32 Å². The summed E-state index contributed by atoms with van der Waals surface area (Å²) in [5.74, 6) is 1.35. The third kappa shape index (κ3) is 4.72. The topological polar surface area (TPSA) is 38.3 Å². The van der Waals surface area contributed by atoms with Crippen molar-refractivity contribution in [2.24, 2.45) is 5.92 Å². The zero-order valence-corrected chi connectivity index (χ0v) is 12.1. The second-order valence-corrected chi connectivity index (χ2v) is 5.29. The van der Waals surface area contributed by atoms with E-state index in [1.54, 1.807) is 7.05 Å². The summed E-state index contributed by atoms with van der Waals surface area (Å²) in [5, 5.41) is 2.53. The summed E-state index contributed by atoms with van der Waals surface area (Å²) < 4.78 is 5.37. The Kier molecular flexibility index (Phi) is 5.66. The van der Waals surface area contributed by atoms with E-state index in [1.165, 1.54) is 37.7 Å². The Morgan fingerprint density at radius 1 is 1.25 bits per heavy atom. The molecule has 1 aliphatic carbocycles. The number of nitrogens with one attached hydrogen (secondary N) is 1. The molecule has 2 rings (SSSR count). The Balaban J connectivity index is 1.84. The summed E-state index contributed by atoms with van der Waals surface area (Å²) in [4.78, 5) is 11.1. The third-order valence-corrected chi connectivity index (χ3v) is 3.74. The molecule has 20 heavy (non-hydrogen) atoms. The van der Waals surface area contributed by atoms with E-state index in [2.05, 4.69) is 17.5 Å². The zero-order chi connectivity index (χ0) is 14.2. The molecule has 0 aliphatic heterocycles. The molecule has 0 heterocycles. The van der Waals surface area contributed by atoms with Gasteiger partial charge in [0.2, 0.25) is 0 Å². The normalized spacial score (nSPS) is 16.2. The summed E-state index contributed by atoms with van der Waals surface area (Å²) in [6.07, 6.45) is 11.3. The van der Waals surface area contributed by atoms with Crippen LogP contribution < -0.4 is 10.1 Å².